The molecule has 13 heavy (non-hydrogen) atoms. The van der Waals surface area contributed by atoms with E-state index in [9.17, 15) is 0 Å². The number of hydrogen-bond acceptors (Lipinski definition) is 3. The molecule has 0 nitrogen and oxygen atoms in total. The van der Waals surface area contributed by atoms with Gasteiger partial charge in [-0.05, 0) is 25.7 Å². The van der Waals surface area contributed by atoms with Crippen molar-refractivity contribution in [2.24, 2.45) is 0 Å². The van der Waals surface area contributed by atoms with Crippen molar-refractivity contribution in [3.8, 4) is 0 Å². The van der Waals surface area contributed by atoms with E-state index in [4.69, 9.17) is 0 Å². The van der Waals surface area contributed by atoms with Gasteiger partial charge in [0, 0.05) is 0 Å². The molecule has 1 saturated heterocycles. The quantitative estimate of drug-likeness (QED) is 0.558. The van der Waals surface area contributed by atoms with Gasteiger partial charge >= 0.3 is 0 Å². The first kappa shape index (κ1) is 9.29. The highest BCUT2D eigenvalue weighted by Gasteiger charge is 2.52. The SMILES string of the molecule is C1CCC2(C1)SSC1(CCCC1)S2. The highest BCUT2D eigenvalue weighted by molar-refractivity contribution is 8.83. The standard InChI is InChI=1S/C10H16S3/c1-2-6-9(5-1)11-10(13-12-9)7-3-4-8-10/h1-8H2. The fraction of sp³-hybridized carbons (Fsp3) is 1.00. The topological polar surface area (TPSA) is 0 Å². The molecule has 0 atom stereocenters. The van der Waals surface area contributed by atoms with Crippen LogP contribution < -0.4 is 0 Å². The van der Waals surface area contributed by atoms with Gasteiger partial charge in [0.05, 0.1) is 8.16 Å². The fourth-order valence-electron chi connectivity index (χ4n) is 2.72. The summed E-state index contributed by atoms with van der Waals surface area (Å²) in [4.78, 5) is 0. The summed E-state index contributed by atoms with van der Waals surface area (Å²) < 4.78 is 1.32. The molecule has 2 spiro atoms. The summed E-state index contributed by atoms with van der Waals surface area (Å²) in [5.41, 5.74) is 0. The molecular weight excluding hydrogens is 216 g/mol. The second-order valence-electron chi connectivity index (χ2n) is 4.50. The van der Waals surface area contributed by atoms with Crippen molar-refractivity contribution in [1.82, 2.24) is 0 Å². The second-order valence-corrected chi connectivity index (χ2v) is 9.68. The molecule has 74 valence electrons. The molecule has 3 rings (SSSR count). The van der Waals surface area contributed by atoms with Crippen LogP contribution in [0.5, 0.6) is 0 Å². The van der Waals surface area contributed by atoms with Crippen LogP contribution in [0.1, 0.15) is 51.4 Å². The Kier molecular flexibility index (Phi) is 2.34. The predicted octanol–water partition coefficient (Wildman–Crippen LogP) is 4.66. The number of thioether (sulfide) groups is 1. The molecule has 2 aliphatic carbocycles. The molecule has 0 radical (unpaired) electrons. The molecule has 0 aromatic rings. The summed E-state index contributed by atoms with van der Waals surface area (Å²) in [5.74, 6) is 0. The van der Waals surface area contributed by atoms with Crippen LogP contribution >= 0.6 is 33.3 Å². The molecule has 3 fully saturated rings. The first-order valence-corrected chi connectivity index (χ1v) is 8.36. The maximum Gasteiger partial charge on any atom is 0.0729 e. The van der Waals surface area contributed by atoms with Crippen molar-refractivity contribution in [2.75, 3.05) is 0 Å². The van der Waals surface area contributed by atoms with Gasteiger partial charge in [0.2, 0.25) is 0 Å². The van der Waals surface area contributed by atoms with Crippen LogP contribution in [-0.4, -0.2) is 8.16 Å². The average molecular weight is 232 g/mol. The largest absolute Gasteiger partial charge is 0.125 e. The molecule has 0 unspecified atom stereocenters. The van der Waals surface area contributed by atoms with Gasteiger partial charge in [-0.3, -0.25) is 0 Å². The maximum absolute atomic E-state index is 2.36. The smallest absolute Gasteiger partial charge is 0.0729 e. The van der Waals surface area contributed by atoms with Crippen molar-refractivity contribution in [1.29, 1.82) is 0 Å². The van der Waals surface area contributed by atoms with Crippen LogP contribution in [0.4, 0.5) is 0 Å². The monoisotopic (exact) mass is 232 g/mol. The fourth-order valence-corrected chi connectivity index (χ4v) is 10.1. The minimum absolute atomic E-state index is 0.662. The molecule has 0 aromatic carbocycles. The van der Waals surface area contributed by atoms with Crippen molar-refractivity contribution >= 4 is 33.3 Å². The zero-order chi connectivity index (χ0) is 8.78. The Balaban J connectivity index is 1.76. The Labute approximate surface area is 92.8 Å². The molecule has 1 aliphatic heterocycles. The van der Waals surface area contributed by atoms with E-state index < -0.39 is 0 Å². The summed E-state index contributed by atoms with van der Waals surface area (Å²) in [6.45, 7) is 0. The van der Waals surface area contributed by atoms with Crippen molar-refractivity contribution in [2.45, 2.75) is 59.5 Å². The summed E-state index contributed by atoms with van der Waals surface area (Å²) in [6.07, 6.45) is 11.9. The molecule has 3 aliphatic rings. The summed E-state index contributed by atoms with van der Waals surface area (Å²) in [7, 11) is 4.46. The first-order valence-electron chi connectivity index (χ1n) is 5.40. The third-order valence-electron chi connectivity index (χ3n) is 3.45. The normalized spacial score (nSPS) is 35.1. The minimum atomic E-state index is 0.662. The lowest BCUT2D eigenvalue weighted by atomic mass is 10.3. The molecule has 3 heteroatoms. The van der Waals surface area contributed by atoms with E-state index in [-0.39, 0.29) is 0 Å². The van der Waals surface area contributed by atoms with E-state index in [1.807, 2.05) is 0 Å². The summed E-state index contributed by atoms with van der Waals surface area (Å²) in [5, 5.41) is 0. The van der Waals surface area contributed by atoms with Gasteiger partial charge in [0.25, 0.3) is 0 Å². The molecule has 0 amide bonds. The average Bonchev–Trinajstić information content (AvgIpc) is 2.81. The Morgan fingerprint density at radius 3 is 1.38 bits per heavy atom. The van der Waals surface area contributed by atoms with E-state index >= 15 is 0 Å². The van der Waals surface area contributed by atoms with Gasteiger partial charge in [-0.15, -0.1) is 11.8 Å². The second kappa shape index (κ2) is 3.28. The maximum atomic E-state index is 2.36. The molecule has 0 aromatic heterocycles. The Bertz CT molecular complexity index is 180. The van der Waals surface area contributed by atoms with Crippen molar-refractivity contribution in [3.05, 3.63) is 0 Å². The minimum Gasteiger partial charge on any atom is -0.125 e. The molecule has 1 heterocycles. The predicted molar refractivity (Wildman–Crippen MR) is 65.2 cm³/mol. The van der Waals surface area contributed by atoms with Gasteiger partial charge in [0.1, 0.15) is 0 Å². The zero-order valence-electron chi connectivity index (χ0n) is 7.88. The van der Waals surface area contributed by atoms with Crippen molar-refractivity contribution < 1.29 is 0 Å². The van der Waals surface area contributed by atoms with Gasteiger partial charge in [0.15, 0.2) is 0 Å². The van der Waals surface area contributed by atoms with Crippen LogP contribution in [0.3, 0.4) is 0 Å². The Morgan fingerprint density at radius 1 is 0.615 bits per heavy atom. The van der Waals surface area contributed by atoms with Gasteiger partial charge in [-0.1, -0.05) is 47.3 Å². The number of rotatable bonds is 0. The molecule has 0 N–H and O–H groups in total. The number of hydrogen-bond donors (Lipinski definition) is 0. The lowest BCUT2D eigenvalue weighted by Gasteiger charge is -2.24. The van der Waals surface area contributed by atoms with Gasteiger partial charge in [-0.2, -0.15) is 0 Å². The summed E-state index contributed by atoms with van der Waals surface area (Å²) in [6, 6.07) is 0. The zero-order valence-corrected chi connectivity index (χ0v) is 10.3. The third-order valence-corrected chi connectivity index (χ3v) is 10.3. The summed E-state index contributed by atoms with van der Waals surface area (Å²) >= 11 is 2.36. The van der Waals surface area contributed by atoms with Crippen LogP contribution in [0.15, 0.2) is 0 Å². The van der Waals surface area contributed by atoms with Gasteiger partial charge < -0.3 is 0 Å². The highest BCUT2D eigenvalue weighted by atomic mass is 33.1. The van der Waals surface area contributed by atoms with E-state index in [0.717, 1.165) is 0 Å². The van der Waals surface area contributed by atoms with E-state index in [2.05, 4.69) is 33.3 Å². The van der Waals surface area contributed by atoms with E-state index in [1.165, 1.54) is 51.4 Å². The molecular formula is C10H16S3. The van der Waals surface area contributed by atoms with Crippen LogP contribution in [0.2, 0.25) is 0 Å². The van der Waals surface area contributed by atoms with Crippen LogP contribution in [0, 0.1) is 0 Å². The first-order chi connectivity index (χ1) is 6.33. The molecule has 2 saturated carbocycles. The lowest BCUT2D eigenvalue weighted by molar-refractivity contribution is 0.804. The molecule has 0 bridgehead atoms. The van der Waals surface area contributed by atoms with Gasteiger partial charge in [-0.25, -0.2) is 0 Å². The lowest BCUT2D eigenvalue weighted by Crippen LogP contribution is -2.17. The van der Waals surface area contributed by atoms with Crippen molar-refractivity contribution in [3.63, 3.8) is 0 Å². The van der Waals surface area contributed by atoms with E-state index in [1.54, 1.807) is 0 Å². The van der Waals surface area contributed by atoms with E-state index in [0.29, 0.717) is 8.16 Å². The Morgan fingerprint density at radius 2 is 1.00 bits per heavy atom. The van der Waals surface area contributed by atoms with Crippen LogP contribution in [-0.2, 0) is 0 Å². The highest BCUT2D eigenvalue weighted by Crippen LogP contribution is 2.73. The third kappa shape index (κ3) is 1.55. The van der Waals surface area contributed by atoms with Crippen LogP contribution in [0.25, 0.3) is 0 Å². The Hall–Kier alpha value is 1.05.